The van der Waals surface area contributed by atoms with Gasteiger partial charge >= 0.3 is 5.97 Å². The van der Waals surface area contributed by atoms with E-state index in [4.69, 9.17) is 4.74 Å². The second-order valence-corrected chi connectivity index (χ2v) is 4.80. The standard InChI is InChI=1S/C15H20N2O5/c1-9-5-6-12(7-10(9)2)22-11(3)15(20)17-16-13(18)8-14(19)21-4/h5-7,11H,8H2,1-4H3,(H,16,18)(H,17,20). The van der Waals surface area contributed by atoms with Gasteiger partial charge in [-0.1, -0.05) is 6.07 Å². The number of aryl methyl sites for hydroxylation is 2. The van der Waals surface area contributed by atoms with Gasteiger partial charge in [0.15, 0.2) is 6.10 Å². The van der Waals surface area contributed by atoms with Crippen LogP contribution in [0.25, 0.3) is 0 Å². The molecule has 2 amide bonds. The summed E-state index contributed by atoms with van der Waals surface area (Å²) in [6.45, 7) is 5.48. The van der Waals surface area contributed by atoms with E-state index in [-0.39, 0.29) is 0 Å². The van der Waals surface area contributed by atoms with Crippen molar-refractivity contribution in [1.29, 1.82) is 0 Å². The van der Waals surface area contributed by atoms with Crippen molar-refractivity contribution in [2.45, 2.75) is 33.3 Å². The molecule has 0 heterocycles. The molecule has 0 aliphatic heterocycles. The molecule has 0 saturated carbocycles. The second-order valence-electron chi connectivity index (χ2n) is 4.80. The smallest absolute Gasteiger partial charge is 0.315 e. The van der Waals surface area contributed by atoms with Crippen molar-refractivity contribution in [2.75, 3.05) is 7.11 Å². The van der Waals surface area contributed by atoms with Crippen LogP contribution >= 0.6 is 0 Å². The Bertz CT molecular complexity index is 571. The Balaban J connectivity index is 2.46. The highest BCUT2D eigenvalue weighted by Gasteiger charge is 2.16. The summed E-state index contributed by atoms with van der Waals surface area (Å²) in [5, 5.41) is 0. The molecule has 0 bridgehead atoms. The normalized spacial score (nSPS) is 11.3. The van der Waals surface area contributed by atoms with E-state index in [1.165, 1.54) is 7.11 Å². The maximum absolute atomic E-state index is 11.8. The Morgan fingerprint density at radius 1 is 1.14 bits per heavy atom. The molecule has 1 aromatic rings. The highest BCUT2D eigenvalue weighted by molar-refractivity contribution is 5.95. The summed E-state index contributed by atoms with van der Waals surface area (Å²) in [7, 11) is 1.17. The third kappa shape index (κ3) is 5.43. The molecule has 1 aromatic carbocycles. The van der Waals surface area contributed by atoms with Crippen LogP contribution in [0.1, 0.15) is 24.5 Å². The fraction of sp³-hybridized carbons (Fsp3) is 0.400. The number of esters is 1. The molecule has 2 N–H and O–H groups in total. The minimum Gasteiger partial charge on any atom is -0.481 e. The van der Waals surface area contributed by atoms with Crippen LogP contribution < -0.4 is 15.6 Å². The molecule has 1 unspecified atom stereocenters. The molecule has 7 nitrogen and oxygen atoms in total. The van der Waals surface area contributed by atoms with Crippen molar-refractivity contribution in [3.05, 3.63) is 29.3 Å². The van der Waals surface area contributed by atoms with Crippen LogP contribution in [0.3, 0.4) is 0 Å². The maximum Gasteiger partial charge on any atom is 0.315 e. The van der Waals surface area contributed by atoms with E-state index in [1.807, 2.05) is 26.0 Å². The van der Waals surface area contributed by atoms with E-state index in [9.17, 15) is 14.4 Å². The van der Waals surface area contributed by atoms with Gasteiger partial charge in [-0.05, 0) is 44.0 Å². The highest BCUT2D eigenvalue weighted by Crippen LogP contribution is 2.17. The maximum atomic E-state index is 11.8. The minimum atomic E-state index is -0.805. The Morgan fingerprint density at radius 3 is 2.41 bits per heavy atom. The van der Waals surface area contributed by atoms with Gasteiger partial charge in [0, 0.05) is 0 Å². The van der Waals surface area contributed by atoms with Crippen molar-refractivity contribution in [3.63, 3.8) is 0 Å². The second kappa shape index (κ2) is 8.02. The number of hydrogen-bond donors (Lipinski definition) is 2. The number of amides is 2. The average Bonchev–Trinajstić information content (AvgIpc) is 2.48. The van der Waals surface area contributed by atoms with Crippen LogP contribution in [0, 0.1) is 13.8 Å². The molecule has 7 heteroatoms. The molecule has 120 valence electrons. The first-order valence-electron chi connectivity index (χ1n) is 6.73. The van der Waals surface area contributed by atoms with Crippen LogP contribution in [0.2, 0.25) is 0 Å². The van der Waals surface area contributed by atoms with Crippen molar-refractivity contribution < 1.29 is 23.9 Å². The zero-order valence-electron chi connectivity index (χ0n) is 13.1. The first-order chi connectivity index (χ1) is 10.3. The molecule has 0 radical (unpaired) electrons. The van der Waals surface area contributed by atoms with E-state index < -0.39 is 30.3 Å². The molecule has 0 saturated heterocycles. The zero-order chi connectivity index (χ0) is 16.7. The van der Waals surface area contributed by atoms with Gasteiger partial charge < -0.3 is 9.47 Å². The Kier molecular flexibility index (Phi) is 6.37. The van der Waals surface area contributed by atoms with Gasteiger partial charge in [-0.2, -0.15) is 0 Å². The molecule has 1 rings (SSSR count). The molecule has 1 atom stereocenters. The van der Waals surface area contributed by atoms with Crippen LogP contribution in [0.15, 0.2) is 18.2 Å². The first kappa shape index (κ1) is 17.5. The van der Waals surface area contributed by atoms with E-state index in [1.54, 1.807) is 13.0 Å². The summed E-state index contributed by atoms with van der Waals surface area (Å²) in [5.74, 6) is -1.33. The van der Waals surface area contributed by atoms with Crippen LogP contribution in [0.4, 0.5) is 0 Å². The molecular weight excluding hydrogens is 288 g/mol. The zero-order valence-corrected chi connectivity index (χ0v) is 13.1. The number of nitrogens with one attached hydrogen (secondary N) is 2. The summed E-state index contributed by atoms with van der Waals surface area (Å²) in [6, 6.07) is 5.49. The van der Waals surface area contributed by atoms with Gasteiger partial charge in [-0.3, -0.25) is 25.2 Å². The summed E-state index contributed by atoms with van der Waals surface area (Å²) in [6.07, 6.45) is -1.27. The van der Waals surface area contributed by atoms with E-state index in [2.05, 4.69) is 15.6 Å². The monoisotopic (exact) mass is 308 g/mol. The van der Waals surface area contributed by atoms with Crippen molar-refractivity contribution >= 4 is 17.8 Å². The predicted octanol–water partition coefficient (Wildman–Crippen LogP) is 0.781. The summed E-state index contributed by atoms with van der Waals surface area (Å²) in [5.41, 5.74) is 6.48. The molecule has 22 heavy (non-hydrogen) atoms. The van der Waals surface area contributed by atoms with Gasteiger partial charge in [0.1, 0.15) is 12.2 Å². The molecular formula is C15H20N2O5. The Morgan fingerprint density at radius 2 is 1.82 bits per heavy atom. The lowest BCUT2D eigenvalue weighted by molar-refractivity contribution is -0.145. The molecule has 0 aliphatic carbocycles. The predicted molar refractivity (Wildman–Crippen MR) is 78.9 cm³/mol. The number of benzene rings is 1. The number of rotatable bonds is 5. The molecule has 0 spiro atoms. The molecule has 0 fully saturated rings. The van der Waals surface area contributed by atoms with Gasteiger partial charge in [0.25, 0.3) is 5.91 Å². The van der Waals surface area contributed by atoms with E-state index in [0.29, 0.717) is 5.75 Å². The average molecular weight is 308 g/mol. The summed E-state index contributed by atoms with van der Waals surface area (Å²) >= 11 is 0. The highest BCUT2D eigenvalue weighted by atomic mass is 16.5. The number of carbonyl (C=O) groups is 3. The third-order valence-corrected chi connectivity index (χ3v) is 3.02. The van der Waals surface area contributed by atoms with Gasteiger partial charge in [0.05, 0.1) is 7.11 Å². The van der Waals surface area contributed by atoms with Crippen molar-refractivity contribution in [1.82, 2.24) is 10.9 Å². The van der Waals surface area contributed by atoms with Crippen LogP contribution in [0.5, 0.6) is 5.75 Å². The summed E-state index contributed by atoms with van der Waals surface area (Å²) in [4.78, 5) is 34.0. The number of hydrazine groups is 1. The number of ether oxygens (including phenoxy) is 2. The SMILES string of the molecule is COC(=O)CC(=O)NNC(=O)C(C)Oc1ccc(C)c(C)c1. The first-order valence-corrected chi connectivity index (χ1v) is 6.73. The Hall–Kier alpha value is -2.57. The van der Waals surface area contributed by atoms with Gasteiger partial charge in [0.2, 0.25) is 5.91 Å². The quantitative estimate of drug-likeness (QED) is 0.476. The third-order valence-electron chi connectivity index (χ3n) is 3.02. The van der Waals surface area contributed by atoms with Crippen LogP contribution in [-0.4, -0.2) is 31.0 Å². The topological polar surface area (TPSA) is 93.7 Å². The largest absolute Gasteiger partial charge is 0.481 e. The van der Waals surface area contributed by atoms with Crippen molar-refractivity contribution in [2.24, 2.45) is 0 Å². The number of carbonyl (C=O) groups excluding carboxylic acids is 3. The van der Waals surface area contributed by atoms with Crippen molar-refractivity contribution in [3.8, 4) is 5.75 Å². The Labute approximate surface area is 128 Å². The van der Waals surface area contributed by atoms with E-state index in [0.717, 1.165) is 11.1 Å². The number of hydrogen-bond acceptors (Lipinski definition) is 5. The van der Waals surface area contributed by atoms with E-state index >= 15 is 0 Å². The molecule has 0 aromatic heterocycles. The molecule has 0 aliphatic rings. The summed E-state index contributed by atoms with van der Waals surface area (Å²) < 4.78 is 9.83. The lowest BCUT2D eigenvalue weighted by Crippen LogP contribution is -2.47. The van der Waals surface area contributed by atoms with Gasteiger partial charge in [-0.15, -0.1) is 0 Å². The fourth-order valence-corrected chi connectivity index (χ4v) is 1.53. The lowest BCUT2D eigenvalue weighted by atomic mass is 10.1. The number of methoxy groups -OCH3 is 1. The lowest BCUT2D eigenvalue weighted by Gasteiger charge is -2.15. The fourth-order valence-electron chi connectivity index (χ4n) is 1.53. The van der Waals surface area contributed by atoms with Crippen LogP contribution in [-0.2, 0) is 19.1 Å². The van der Waals surface area contributed by atoms with Gasteiger partial charge in [-0.25, -0.2) is 0 Å². The minimum absolute atomic E-state index is 0.469.